The number of carboxylic acid groups (broad SMARTS) is 1. The Hall–Kier alpha value is -1.31. The van der Waals surface area contributed by atoms with E-state index in [1.54, 1.807) is 39.0 Å². The van der Waals surface area contributed by atoms with Crippen molar-refractivity contribution in [1.82, 2.24) is 0 Å². The molecule has 0 aliphatic heterocycles. The second-order valence-corrected chi connectivity index (χ2v) is 6.07. The van der Waals surface area contributed by atoms with Gasteiger partial charge in [0.2, 0.25) is 0 Å². The Morgan fingerprint density at radius 1 is 1.32 bits per heavy atom. The molecular formula is C13H16INO4. The lowest BCUT2D eigenvalue weighted by atomic mass is 10.2. The molecule has 0 unspecified atom stereocenters. The zero-order valence-electron chi connectivity index (χ0n) is 11.0. The lowest BCUT2D eigenvalue weighted by molar-refractivity contribution is -0.135. The Morgan fingerprint density at radius 3 is 2.37 bits per heavy atom. The van der Waals surface area contributed by atoms with Crippen molar-refractivity contribution in [2.24, 2.45) is 0 Å². The zero-order valence-corrected chi connectivity index (χ0v) is 13.2. The molecule has 1 aromatic carbocycles. The fraction of sp³-hybridized carbons (Fsp3) is 0.385. The molecular weight excluding hydrogens is 361 g/mol. The molecule has 0 saturated heterocycles. The van der Waals surface area contributed by atoms with Gasteiger partial charge in [0, 0.05) is 3.57 Å². The van der Waals surface area contributed by atoms with Crippen LogP contribution < -0.4 is 4.90 Å². The molecule has 1 amide bonds. The topological polar surface area (TPSA) is 66.8 Å². The van der Waals surface area contributed by atoms with E-state index in [9.17, 15) is 9.59 Å². The molecule has 0 bridgehead atoms. The number of hydrogen-bond donors (Lipinski definition) is 1. The Bertz CT molecular complexity index is 482. The van der Waals surface area contributed by atoms with E-state index in [0.717, 1.165) is 8.47 Å². The van der Waals surface area contributed by atoms with Gasteiger partial charge in [-0.15, -0.1) is 0 Å². The van der Waals surface area contributed by atoms with Crippen LogP contribution in [0.3, 0.4) is 0 Å². The SMILES string of the molecule is CC(C)(C)OC(=O)N(CC(=O)O)c1ccccc1I. The van der Waals surface area contributed by atoms with Gasteiger partial charge in [0.25, 0.3) is 0 Å². The number of halogens is 1. The van der Waals surface area contributed by atoms with Gasteiger partial charge in [-0.05, 0) is 55.5 Å². The van der Waals surface area contributed by atoms with Crippen molar-refractivity contribution in [2.45, 2.75) is 26.4 Å². The first-order valence-electron chi connectivity index (χ1n) is 5.67. The van der Waals surface area contributed by atoms with Crippen LogP contribution in [0.2, 0.25) is 0 Å². The van der Waals surface area contributed by atoms with E-state index in [1.807, 2.05) is 6.07 Å². The van der Waals surface area contributed by atoms with E-state index in [2.05, 4.69) is 22.6 Å². The molecule has 0 fully saturated rings. The third-order valence-corrected chi connectivity index (χ3v) is 2.96. The molecule has 0 heterocycles. The third-order valence-electron chi connectivity index (χ3n) is 2.05. The Kier molecular flexibility index (Phi) is 5.16. The first-order valence-corrected chi connectivity index (χ1v) is 6.75. The molecule has 0 aromatic heterocycles. The molecule has 0 radical (unpaired) electrons. The second-order valence-electron chi connectivity index (χ2n) is 4.91. The summed E-state index contributed by atoms with van der Waals surface area (Å²) >= 11 is 2.05. The maximum absolute atomic E-state index is 12.1. The Balaban J connectivity index is 3.05. The van der Waals surface area contributed by atoms with Crippen LogP contribution in [0.1, 0.15) is 20.8 Å². The molecule has 5 nitrogen and oxygen atoms in total. The van der Waals surface area contributed by atoms with Crippen molar-refractivity contribution >= 4 is 40.3 Å². The number of anilines is 1. The van der Waals surface area contributed by atoms with Crippen LogP contribution in [0.5, 0.6) is 0 Å². The molecule has 104 valence electrons. The first-order chi connectivity index (χ1) is 8.70. The molecule has 0 saturated carbocycles. The summed E-state index contributed by atoms with van der Waals surface area (Å²) in [6.07, 6.45) is -0.668. The van der Waals surface area contributed by atoms with E-state index >= 15 is 0 Å². The maximum atomic E-state index is 12.1. The summed E-state index contributed by atoms with van der Waals surface area (Å²) in [5.74, 6) is -1.09. The molecule has 19 heavy (non-hydrogen) atoms. The molecule has 0 aliphatic rings. The van der Waals surface area contributed by atoms with Gasteiger partial charge >= 0.3 is 12.1 Å². The van der Waals surface area contributed by atoms with Crippen LogP contribution in [0.25, 0.3) is 0 Å². The summed E-state index contributed by atoms with van der Waals surface area (Å²) in [4.78, 5) is 24.1. The van der Waals surface area contributed by atoms with Crippen LogP contribution >= 0.6 is 22.6 Å². The van der Waals surface area contributed by atoms with E-state index < -0.39 is 24.2 Å². The standard InChI is InChI=1S/C13H16INO4/c1-13(2,3)19-12(18)15(8-11(16)17)10-7-5-4-6-9(10)14/h4-7H,8H2,1-3H3,(H,16,17). The zero-order chi connectivity index (χ0) is 14.6. The van der Waals surface area contributed by atoms with Crippen LogP contribution in [0.15, 0.2) is 24.3 Å². The summed E-state index contributed by atoms with van der Waals surface area (Å²) in [7, 11) is 0. The van der Waals surface area contributed by atoms with Gasteiger partial charge in [0.1, 0.15) is 12.1 Å². The number of carboxylic acids is 1. The number of rotatable bonds is 3. The van der Waals surface area contributed by atoms with Gasteiger partial charge < -0.3 is 9.84 Å². The predicted octanol–water partition coefficient (Wildman–Crippen LogP) is 3.12. The van der Waals surface area contributed by atoms with Gasteiger partial charge in [0.05, 0.1) is 5.69 Å². The number of amides is 1. The number of carbonyl (C=O) groups excluding carboxylic acids is 1. The van der Waals surface area contributed by atoms with Crippen molar-refractivity contribution in [3.63, 3.8) is 0 Å². The highest BCUT2D eigenvalue weighted by atomic mass is 127. The minimum Gasteiger partial charge on any atom is -0.480 e. The summed E-state index contributed by atoms with van der Waals surface area (Å²) in [5.41, 5.74) is -0.145. The van der Waals surface area contributed by atoms with Crippen LogP contribution in [0, 0.1) is 3.57 Å². The van der Waals surface area contributed by atoms with Gasteiger partial charge in [0.15, 0.2) is 0 Å². The fourth-order valence-corrected chi connectivity index (χ4v) is 2.05. The highest BCUT2D eigenvalue weighted by molar-refractivity contribution is 14.1. The minimum atomic E-state index is -1.09. The molecule has 1 aromatic rings. The lowest BCUT2D eigenvalue weighted by Crippen LogP contribution is -2.40. The largest absolute Gasteiger partial charge is 0.480 e. The lowest BCUT2D eigenvalue weighted by Gasteiger charge is -2.27. The van der Waals surface area contributed by atoms with E-state index in [0.29, 0.717) is 5.69 Å². The van der Waals surface area contributed by atoms with Crippen LogP contribution in [0.4, 0.5) is 10.5 Å². The highest BCUT2D eigenvalue weighted by Crippen LogP contribution is 2.24. The normalized spacial score (nSPS) is 10.9. The van der Waals surface area contributed by atoms with Gasteiger partial charge in [-0.2, -0.15) is 0 Å². The quantitative estimate of drug-likeness (QED) is 0.823. The molecule has 1 N–H and O–H groups in total. The van der Waals surface area contributed by atoms with E-state index in [1.165, 1.54) is 0 Å². The van der Waals surface area contributed by atoms with Crippen molar-refractivity contribution in [3.8, 4) is 0 Å². The Labute approximate surface area is 125 Å². The number of aliphatic carboxylic acids is 1. The van der Waals surface area contributed by atoms with Crippen LogP contribution in [-0.4, -0.2) is 29.3 Å². The monoisotopic (exact) mass is 377 g/mol. The molecule has 0 aliphatic carbocycles. The fourth-order valence-electron chi connectivity index (χ4n) is 1.37. The first kappa shape index (κ1) is 15.7. The molecule has 1 rings (SSSR count). The van der Waals surface area contributed by atoms with Crippen molar-refractivity contribution in [3.05, 3.63) is 27.8 Å². The predicted molar refractivity (Wildman–Crippen MR) is 80.4 cm³/mol. The van der Waals surface area contributed by atoms with Gasteiger partial charge in [-0.25, -0.2) is 4.79 Å². The van der Waals surface area contributed by atoms with Gasteiger partial charge in [-0.1, -0.05) is 12.1 Å². The average Bonchev–Trinajstić information content (AvgIpc) is 2.24. The van der Waals surface area contributed by atoms with Gasteiger partial charge in [-0.3, -0.25) is 9.69 Å². The Morgan fingerprint density at radius 2 is 1.89 bits per heavy atom. The number of para-hydroxylation sites is 1. The number of ether oxygens (including phenoxy) is 1. The number of hydrogen-bond acceptors (Lipinski definition) is 3. The van der Waals surface area contributed by atoms with Crippen molar-refractivity contribution in [1.29, 1.82) is 0 Å². The molecule has 0 atom stereocenters. The summed E-state index contributed by atoms with van der Waals surface area (Å²) in [5, 5.41) is 8.93. The third kappa shape index (κ3) is 5.06. The van der Waals surface area contributed by atoms with Crippen molar-refractivity contribution < 1.29 is 19.4 Å². The minimum absolute atomic E-state index is 0.436. The van der Waals surface area contributed by atoms with E-state index in [-0.39, 0.29) is 0 Å². The summed E-state index contributed by atoms with van der Waals surface area (Å²) in [6.45, 7) is 4.77. The van der Waals surface area contributed by atoms with E-state index in [4.69, 9.17) is 9.84 Å². The smallest absolute Gasteiger partial charge is 0.415 e. The summed E-state index contributed by atoms with van der Waals surface area (Å²) in [6, 6.07) is 7.06. The number of benzene rings is 1. The van der Waals surface area contributed by atoms with Crippen LogP contribution in [-0.2, 0) is 9.53 Å². The van der Waals surface area contributed by atoms with Crippen molar-refractivity contribution in [2.75, 3.05) is 11.4 Å². The average molecular weight is 377 g/mol. The second kappa shape index (κ2) is 6.23. The number of nitrogens with zero attached hydrogens (tertiary/aromatic N) is 1. The summed E-state index contributed by atoms with van der Waals surface area (Å²) < 4.78 is 6.01. The molecule has 0 spiro atoms. The maximum Gasteiger partial charge on any atom is 0.415 e. The highest BCUT2D eigenvalue weighted by Gasteiger charge is 2.26. The number of carbonyl (C=O) groups is 2. The molecule has 6 heteroatoms.